The van der Waals surface area contributed by atoms with E-state index < -0.39 is 0 Å². The van der Waals surface area contributed by atoms with Crippen molar-refractivity contribution in [3.8, 4) is 0 Å². The summed E-state index contributed by atoms with van der Waals surface area (Å²) in [6.07, 6.45) is 2.17. The fourth-order valence-corrected chi connectivity index (χ4v) is 3.46. The van der Waals surface area contributed by atoms with Gasteiger partial charge in [0.05, 0.1) is 0 Å². The van der Waals surface area contributed by atoms with Crippen LogP contribution in [0.5, 0.6) is 0 Å². The summed E-state index contributed by atoms with van der Waals surface area (Å²) in [7, 11) is 0. The van der Waals surface area contributed by atoms with Crippen LogP contribution in [-0.4, -0.2) is 6.54 Å². The normalized spacial score (nSPS) is 12.8. The second-order valence-electron chi connectivity index (χ2n) is 4.90. The maximum Gasteiger partial charge on any atom is 0.105 e. The van der Waals surface area contributed by atoms with Crippen molar-refractivity contribution in [3.05, 3.63) is 45.0 Å². The third-order valence-electron chi connectivity index (χ3n) is 3.38. The molecule has 0 saturated heterocycles. The van der Waals surface area contributed by atoms with Crippen LogP contribution < -0.4 is 5.32 Å². The van der Waals surface area contributed by atoms with E-state index in [2.05, 4.69) is 44.3 Å². The highest BCUT2D eigenvalue weighted by atomic mass is 32.1. The quantitative estimate of drug-likeness (QED) is 0.846. The van der Waals surface area contributed by atoms with Crippen LogP contribution in [0.25, 0.3) is 0 Å². The molecule has 2 nitrogen and oxygen atoms in total. The number of aryl methyl sites for hydroxylation is 3. The van der Waals surface area contributed by atoms with E-state index in [1.165, 1.54) is 15.3 Å². The Labute approximate surface area is 119 Å². The zero-order chi connectivity index (χ0) is 13.8. The Balaban J connectivity index is 2.18. The Morgan fingerprint density at radius 1 is 1.21 bits per heavy atom. The minimum Gasteiger partial charge on any atom is -0.466 e. The van der Waals surface area contributed by atoms with E-state index in [1.54, 1.807) is 0 Å². The van der Waals surface area contributed by atoms with Crippen LogP contribution in [0.1, 0.15) is 46.7 Å². The fraction of sp³-hybridized carbons (Fsp3) is 0.500. The van der Waals surface area contributed by atoms with Crippen molar-refractivity contribution >= 4 is 11.3 Å². The molecule has 0 aliphatic heterocycles. The predicted molar refractivity (Wildman–Crippen MR) is 82.0 cm³/mol. The molecule has 2 aromatic rings. The Bertz CT molecular complexity index is 527. The van der Waals surface area contributed by atoms with Gasteiger partial charge in [0.25, 0.3) is 0 Å². The number of hydrogen-bond donors (Lipinski definition) is 1. The van der Waals surface area contributed by atoms with Gasteiger partial charge in [-0.15, -0.1) is 11.3 Å². The molecule has 1 unspecified atom stereocenters. The lowest BCUT2D eigenvalue weighted by molar-refractivity contribution is 0.485. The first-order valence-electron chi connectivity index (χ1n) is 7.02. The molecule has 3 heteroatoms. The topological polar surface area (TPSA) is 25.2 Å². The number of hydrogen-bond acceptors (Lipinski definition) is 3. The van der Waals surface area contributed by atoms with Crippen molar-refractivity contribution in [3.63, 3.8) is 0 Å². The van der Waals surface area contributed by atoms with Crippen LogP contribution in [0.3, 0.4) is 0 Å². The van der Waals surface area contributed by atoms with Gasteiger partial charge in [0.15, 0.2) is 0 Å². The molecule has 2 rings (SSSR count). The van der Waals surface area contributed by atoms with Gasteiger partial charge in [0.1, 0.15) is 11.5 Å². The van der Waals surface area contributed by atoms with Crippen molar-refractivity contribution in [1.29, 1.82) is 0 Å². The molecule has 0 amide bonds. The minimum atomic E-state index is 0.353. The molecule has 1 N–H and O–H groups in total. The predicted octanol–water partition coefficient (Wildman–Crippen LogP) is 4.41. The van der Waals surface area contributed by atoms with Gasteiger partial charge in [-0.1, -0.05) is 13.8 Å². The lowest BCUT2D eigenvalue weighted by Crippen LogP contribution is -2.22. The summed E-state index contributed by atoms with van der Waals surface area (Å²) >= 11 is 1.92. The maximum absolute atomic E-state index is 5.67. The highest BCUT2D eigenvalue weighted by Crippen LogP contribution is 2.27. The van der Waals surface area contributed by atoms with E-state index >= 15 is 0 Å². The van der Waals surface area contributed by atoms with Crippen molar-refractivity contribution in [2.24, 2.45) is 0 Å². The fourth-order valence-electron chi connectivity index (χ4n) is 2.46. The van der Waals surface area contributed by atoms with Crippen molar-refractivity contribution in [1.82, 2.24) is 5.32 Å². The molecule has 2 aromatic heterocycles. The third-order valence-corrected chi connectivity index (χ3v) is 4.63. The summed E-state index contributed by atoms with van der Waals surface area (Å²) in [6, 6.07) is 7.02. The number of thiophene rings is 1. The average Bonchev–Trinajstić information content (AvgIpc) is 2.95. The van der Waals surface area contributed by atoms with Gasteiger partial charge in [-0.2, -0.15) is 0 Å². The van der Waals surface area contributed by atoms with Gasteiger partial charge in [-0.25, -0.2) is 0 Å². The summed E-state index contributed by atoms with van der Waals surface area (Å²) in [5.74, 6) is 2.03. The van der Waals surface area contributed by atoms with Crippen molar-refractivity contribution in [2.75, 3.05) is 6.54 Å². The highest BCUT2D eigenvalue weighted by Gasteiger charge is 2.17. The Morgan fingerprint density at radius 2 is 1.95 bits per heavy atom. The number of likely N-dealkylation sites (N-methyl/N-ethyl adjacent to an activating group) is 1. The molecule has 0 radical (unpaired) electrons. The van der Waals surface area contributed by atoms with Crippen LogP contribution in [0, 0.1) is 13.8 Å². The summed E-state index contributed by atoms with van der Waals surface area (Å²) in [4.78, 5) is 2.91. The Kier molecular flexibility index (Phi) is 4.83. The molecule has 0 spiro atoms. The molecule has 2 heterocycles. The van der Waals surface area contributed by atoms with Gasteiger partial charge in [-0.3, -0.25) is 0 Å². The second-order valence-corrected chi connectivity index (χ2v) is 6.16. The van der Waals surface area contributed by atoms with Crippen LogP contribution in [-0.2, 0) is 12.8 Å². The molecule has 0 bridgehead atoms. The van der Waals surface area contributed by atoms with Crippen molar-refractivity contribution in [2.45, 2.75) is 46.6 Å². The van der Waals surface area contributed by atoms with Crippen molar-refractivity contribution < 1.29 is 4.42 Å². The first kappa shape index (κ1) is 14.4. The molecule has 104 valence electrons. The Hall–Kier alpha value is -1.06. The minimum absolute atomic E-state index is 0.353. The average molecular weight is 277 g/mol. The van der Waals surface area contributed by atoms with Gasteiger partial charge in [-0.05, 0) is 45.0 Å². The van der Waals surface area contributed by atoms with E-state index in [0.29, 0.717) is 6.04 Å². The molecule has 1 atom stereocenters. The monoisotopic (exact) mass is 277 g/mol. The smallest absolute Gasteiger partial charge is 0.105 e. The molecule has 0 aliphatic rings. The number of furan rings is 1. The van der Waals surface area contributed by atoms with Gasteiger partial charge in [0.2, 0.25) is 0 Å². The number of nitrogens with one attached hydrogen (secondary N) is 1. The number of rotatable bonds is 6. The lowest BCUT2D eigenvalue weighted by atomic mass is 10.0. The Morgan fingerprint density at radius 3 is 2.47 bits per heavy atom. The molecule has 0 aliphatic carbocycles. The van der Waals surface area contributed by atoms with Gasteiger partial charge < -0.3 is 9.73 Å². The third kappa shape index (κ3) is 3.48. The zero-order valence-corrected chi connectivity index (χ0v) is 13.1. The molecule has 0 aromatic carbocycles. The van der Waals surface area contributed by atoms with Crippen LogP contribution in [0.2, 0.25) is 0 Å². The summed E-state index contributed by atoms with van der Waals surface area (Å²) in [5, 5.41) is 3.58. The molecular weight excluding hydrogens is 254 g/mol. The maximum atomic E-state index is 5.67. The lowest BCUT2D eigenvalue weighted by Gasteiger charge is -2.16. The van der Waals surface area contributed by atoms with Crippen LogP contribution >= 0.6 is 11.3 Å². The first-order valence-corrected chi connectivity index (χ1v) is 7.83. The molecule has 19 heavy (non-hydrogen) atoms. The second kappa shape index (κ2) is 6.40. The van der Waals surface area contributed by atoms with E-state index in [4.69, 9.17) is 4.42 Å². The largest absolute Gasteiger partial charge is 0.466 e. The first-order chi connectivity index (χ1) is 9.13. The van der Waals surface area contributed by atoms with Gasteiger partial charge in [0, 0.05) is 27.8 Å². The summed E-state index contributed by atoms with van der Waals surface area (Å²) in [5.41, 5.74) is 1.30. The van der Waals surface area contributed by atoms with Crippen LogP contribution in [0.15, 0.2) is 22.6 Å². The molecule has 0 fully saturated rings. The van der Waals surface area contributed by atoms with E-state index in [0.717, 1.165) is 30.9 Å². The molecule has 0 saturated carbocycles. The molecular formula is C16H23NOS. The highest BCUT2D eigenvalue weighted by molar-refractivity contribution is 7.11. The summed E-state index contributed by atoms with van der Waals surface area (Å²) in [6.45, 7) is 9.40. The SMILES string of the molecule is CCNC(Cc1ccc(CC)s1)c1cc(C)oc1C. The van der Waals surface area contributed by atoms with Crippen LogP contribution in [0.4, 0.5) is 0 Å². The van der Waals surface area contributed by atoms with E-state index in [-0.39, 0.29) is 0 Å². The standard InChI is InChI=1S/C16H23NOS/c1-5-13-7-8-14(19-13)10-16(17-6-2)15-9-11(3)18-12(15)4/h7-9,16-17H,5-6,10H2,1-4H3. The summed E-state index contributed by atoms with van der Waals surface area (Å²) < 4.78 is 5.67. The zero-order valence-electron chi connectivity index (χ0n) is 12.2. The van der Waals surface area contributed by atoms with E-state index in [1.807, 2.05) is 18.3 Å². The van der Waals surface area contributed by atoms with Gasteiger partial charge >= 0.3 is 0 Å². The van der Waals surface area contributed by atoms with E-state index in [9.17, 15) is 0 Å².